The van der Waals surface area contributed by atoms with E-state index in [0.717, 1.165) is 24.1 Å². The van der Waals surface area contributed by atoms with Crippen LogP contribution in [0.15, 0.2) is 24.4 Å². The van der Waals surface area contributed by atoms with Gasteiger partial charge in [0.1, 0.15) is 19.0 Å². The molecule has 2 nitrogen and oxygen atoms in total. The largest absolute Gasteiger partial charge is 0.491 e. The van der Waals surface area contributed by atoms with Crippen LogP contribution in [0.5, 0.6) is 5.75 Å². The molecule has 0 fully saturated rings. The highest BCUT2D eigenvalue weighted by atomic mass is 19.1. The summed E-state index contributed by atoms with van der Waals surface area (Å²) in [6.07, 6.45) is 4.20. The molecule has 2 rings (SSSR count). The Morgan fingerprint density at radius 1 is 1.38 bits per heavy atom. The van der Waals surface area contributed by atoms with Gasteiger partial charge in [0.2, 0.25) is 0 Å². The van der Waals surface area contributed by atoms with Crippen molar-refractivity contribution < 1.29 is 9.13 Å². The Hall–Kier alpha value is -1.51. The van der Waals surface area contributed by atoms with E-state index in [0.29, 0.717) is 0 Å². The first-order valence-electron chi connectivity index (χ1n) is 5.64. The molecule has 0 spiro atoms. The summed E-state index contributed by atoms with van der Waals surface area (Å²) in [4.78, 5) is 3.23. The van der Waals surface area contributed by atoms with Gasteiger partial charge in [-0.25, -0.2) is 4.39 Å². The van der Waals surface area contributed by atoms with E-state index in [9.17, 15) is 4.39 Å². The Balaban J connectivity index is 2.30. The van der Waals surface area contributed by atoms with Crippen LogP contribution < -0.4 is 4.74 Å². The molecule has 0 amide bonds. The predicted molar refractivity (Wildman–Crippen MR) is 63.8 cm³/mol. The first-order valence-corrected chi connectivity index (χ1v) is 5.64. The van der Waals surface area contributed by atoms with E-state index in [1.54, 1.807) is 0 Å². The Bertz CT molecular complexity index is 464. The van der Waals surface area contributed by atoms with E-state index in [1.165, 1.54) is 10.9 Å². The quantitative estimate of drug-likeness (QED) is 0.821. The number of ether oxygens (including phenoxy) is 1. The second kappa shape index (κ2) is 5.01. The highest BCUT2D eigenvalue weighted by molar-refractivity contribution is 5.84. The molecule has 1 N–H and O–H groups in total. The lowest BCUT2D eigenvalue weighted by atomic mass is 10.1. The van der Waals surface area contributed by atoms with E-state index >= 15 is 0 Å². The zero-order valence-corrected chi connectivity index (χ0v) is 9.42. The number of benzene rings is 1. The molecule has 0 unspecified atom stereocenters. The van der Waals surface area contributed by atoms with E-state index in [-0.39, 0.29) is 6.61 Å². The summed E-state index contributed by atoms with van der Waals surface area (Å²) in [5.41, 5.74) is 2.40. The van der Waals surface area contributed by atoms with Crippen LogP contribution >= 0.6 is 0 Å². The second-order valence-corrected chi connectivity index (χ2v) is 3.81. The van der Waals surface area contributed by atoms with Crippen molar-refractivity contribution in [3.05, 3.63) is 30.0 Å². The second-order valence-electron chi connectivity index (χ2n) is 3.81. The van der Waals surface area contributed by atoms with Crippen LogP contribution in [-0.2, 0) is 6.42 Å². The third kappa shape index (κ3) is 2.18. The van der Waals surface area contributed by atoms with Gasteiger partial charge in [-0.2, -0.15) is 0 Å². The number of nitrogens with one attached hydrogen (secondary N) is 1. The summed E-state index contributed by atoms with van der Waals surface area (Å²) >= 11 is 0. The van der Waals surface area contributed by atoms with E-state index < -0.39 is 6.67 Å². The van der Waals surface area contributed by atoms with Gasteiger partial charge in [-0.15, -0.1) is 0 Å². The van der Waals surface area contributed by atoms with E-state index in [4.69, 9.17) is 4.74 Å². The Labute approximate surface area is 94.4 Å². The van der Waals surface area contributed by atoms with Gasteiger partial charge in [0.25, 0.3) is 0 Å². The number of aromatic amines is 1. The molecule has 0 aliphatic rings. The Kier molecular flexibility index (Phi) is 3.44. The fraction of sp³-hybridized carbons (Fsp3) is 0.385. The third-order valence-corrected chi connectivity index (χ3v) is 2.60. The van der Waals surface area contributed by atoms with Gasteiger partial charge in [0.05, 0.1) is 0 Å². The first-order chi connectivity index (χ1) is 7.85. The SMILES string of the molecule is CCCc1c[nH]c2ccc(OCCF)cc12. The van der Waals surface area contributed by atoms with Crippen molar-refractivity contribution in [3.8, 4) is 5.75 Å². The molecule has 1 heterocycles. The lowest BCUT2D eigenvalue weighted by Crippen LogP contribution is -1.98. The molecular formula is C13H16FNO. The third-order valence-electron chi connectivity index (χ3n) is 2.60. The Morgan fingerprint density at radius 2 is 2.25 bits per heavy atom. The van der Waals surface area contributed by atoms with Crippen molar-refractivity contribution in [2.45, 2.75) is 19.8 Å². The van der Waals surface area contributed by atoms with Crippen LogP contribution in [0.4, 0.5) is 4.39 Å². The van der Waals surface area contributed by atoms with Crippen LogP contribution in [-0.4, -0.2) is 18.3 Å². The Morgan fingerprint density at radius 3 is 3.00 bits per heavy atom. The molecule has 0 aliphatic carbocycles. The number of hydrogen-bond donors (Lipinski definition) is 1. The van der Waals surface area contributed by atoms with Gasteiger partial charge in [-0.05, 0) is 30.2 Å². The number of fused-ring (bicyclic) bond motifs is 1. The minimum atomic E-state index is -0.451. The minimum Gasteiger partial charge on any atom is -0.491 e. The first kappa shape index (κ1) is 11.0. The number of aryl methyl sites for hydroxylation is 1. The van der Waals surface area contributed by atoms with Crippen molar-refractivity contribution in [1.82, 2.24) is 4.98 Å². The zero-order valence-electron chi connectivity index (χ0n) is 9.42. The zero-order chi connectivity index (χ0) is 11.4. The smallest absolute Gasteiger partial charge is 0.123 e. The molecule has 0 bridgehead atoms. The molecule has 16 heavy (non-hydrogen) atoms. The van der Waals surface area contributed by atoms with Crippen molar-refractivity contribution in [1.29, 1.82) is 0 Å². The van der Waals surface area contributed by atoms with Gasteiger partial charge in [-0.1, -0.05) is 13.3 Å². The topological polar surface area (TPSA) is 25.0 Å². The molecule has 86 valence electrons. The summed E-state index contributed by atoms with van der Waals surface area (Å²) in [7, 11) is 0. The van der Waals surface area contributed by atoms with E-state index in [1.807, 2.05) is 24.4 Å². The normalized spacial score (nSPS) is 10.9. The summed E-state index contributed by atoms with van der Waals surface area (Å²) in [5, 5.41) is 1.18. The number of H-pyrrole nitrogens is 1. The average molecular weight is 221 g/mol. The van der Waals surface area contributed by atoms with Gasteiger partial charge in [-0.3, -0.25) is 0 Å². The van der Waals surface area contributed by atoms with E-state index in [2.05, 4.69) is 11.9 Å². The van der Waals surface area contributed by atoms with Crippen LogP contribution in [0.1, 0.15) is 18.9 Å². The predicted octanol–water partition coefficient (Wildman–Crippen LogP) is 3.47. The van der Waals surface area contributed by atoms with Crippen LogP contribution in [0, 0.1) is 0 Å². The number of halogens is 1. The molecule has 0 atom stereocenters. The van der Waals surface area contributed by atoms with Gasteiger partial charge < -0.3 is 9.72 Å². The number of alkyl halides is 1. The molecule has 1 aromatic heterocycles. The molecular weight excluding hydrogens is 205 g/mol. The average Bonchev–Trinajstić information content (AvgIpc) is 2.70. The van der Waals surface area contributed by atoms with Gasteiger partial charge >= 0.3 is 0 Å². The van der Waals surface area contributed by atoms with Gasteiger partial charge in [0.15, 0.2) is 0 Å². The number of hydrogen-bond acceptors (Lipinski definition) is 1. The van der Waals surface area contributed by atoms with Crippen molar-refractivity contribution >= 4 is 10.9 Å². The van der Waals surface area contributed by atoms with Crippen LogP contribution in [0.2, 0.25) is 0 Å². The summed E-state index contributed by atoms with van der Waals surface area (Å²) < 4.78 is 17.3. The monoisotopic (exact) mass is 221 g/mol. The lowest BCUT2D eigenvalue weighted by molar-refractivity contribution is 0.273. The summed E-state index contributed by atoms with van der Waals surface area (Å²) in [6, 6.07) is 5.82. The van der Waals surface area contributed by atoms with Crippen molar-refractivity contribution in [2.75, 3.05) is 13.3 Å². The van der Waals surface area contributed by atoms with Crippen molar-refractivity contribution in [3.63, 3.8) is 0 Å². The molecule has 0 aliphatic heterocycles. The molecule has 0 saturated carbocycles. The highest BCUT2D eigenvalue weighted by Gasteiger charge is 2.04. The standard InChI is InChI=1S/C13H16FNO/c1-2-3-10-9-15-13-5-4-11(8-12(10)13)16-7-6-14/h4-5,8-9,15H,2-3,6-7H2,1H3. The van der Waals surface area contributed by atoms with Crippen LogP contribution in [0.3, 0.4) is 0 Å². The maximum absolute atomic E-state index is 12.0. The maximum Gasteiger partial charge on any atom is 0.123 e. The number of aromatic nitrogens is 1. The number of rotatable bonds is 5. The summed E-state index contributed by atoms with van der Waals surface area (Å²) in [6.45, 7) is 1.83. The molecule has 0 saturated heterocycles. The fourth-order valence-corrected chi connectivity index (χ4v) is 1.88. The lowest BCUT2D eigenvalue weighted by Gasteiger charge is -2.04. The molecule has 1 aromatic carbocycles. The van der Waals surface area contributed by atoms with Gasteiger partial charge in [0, 0.05) is 17.1 Å². The summed E-state index contributed by atoms with van der Waals surface area (Å²) in [5.74, 6) is 0.738. The maximum atomic E-state index is 12.0. The minimum absolute atomic E-state index is 0.124. The van der Waals surface area contributed by atoms with Crippen molar-refractivity contribution in [2.24, 2.45) is 0 Å². The fourth-order valence-electron chi connectivity index (χ4n) is 1.88. The molecule has 2 aromatic rings. The molecule has 0 radical (unpaired) electrons. The molecule has 3 heteroatoms. The van der Waals surface area contributed by atoms with Crippen LogP contribution in [0.25, 0.3) is 10.9 Å². The highest BCUT2D eigenvalue weighted by Crippen LogP contribution is 2.24.